The largest absolute Gasteiger partial charge is 0.497 e. The molecule has 1 aliphatic heterocycles. The number of nitrogens with zero attached hydrogens (tertiary/aromatic N) is 1. The first kappa shape index (κ1) is 21.8. The van der Waals surface area contributed by atoms with Crippen LogP contribution in [0.3, 0.4) is 0 Å². The molecule has 34 heavy (non-hydrogen) atoms. The number of aromatic nitrogens is 2. The Morgan fingerprint density at radius 2 is 1.85 bits per heavy atom. The van der Waals surface area contributed by atoms with Gasteiger partial charge < -0.3 is 19.8 Å². The van der Waals surface area contributed by atoms with Gasteiger partial charge in [-0.3, -0.25) is 4.79 Å². The highest BCUT2D eigenvalue weighted by Crippen LogP contribution is 2.29. The van der Waals surface area contributed by atoms with E-state index in [1.54, 1.807) is 19.2 Å². The minimum absolute atomic E-state index is 0.162. The molecule has 1 amide bonds. The highest BCUT2D eigenvalue weighted by molar-refractivity contribution is 6.30. The van der Waals surface area contributed by atoms with E-state index in [2.05, 4.69) is 15.3 Å². The van der Waals surface area contributed by atoms with Gasteiger partial charge in [-0.2, -0.15) is 0 Å². The number of amides is 1. The number of nitrogens with one attached hydrogen (secondary N) is 2. The van der Waals surface area contributed by atoms with Gasteiger partial charge in [-0.05, 0) is 59.7 Å². The smallest absolute Gasteiger partial charge is 0.250 e. The van der Waals surface area contributed by atoms with Crippen molar-refractivity contribution in [3.63, 3.8) is 0 Å². The molecule has 0 spiro atoms. The average Bonchev–Trinajstić information content (AvgIpc) is 3.37. The number of fused-ring (bicyclic) bond motifs is 1. The molecule has 2 N–H and O–H groups in total. The number of halogens is 1. The lowest BCUT2D eigenvalue weighted by molar-refractivity contribution is -0.117. The van der Waals surface area contributed by atoms with E-state index < -0.39 is 0 Å². The number of carbonyl (C=O) groups excluding carboxylic acids is 1. The minimum Gasteiger partial charge on any atom is -0.497 e. The van der Waals surface area contributed by atoms with Gasteiger partial charge in [0.05, 0.1) is 24.6 Å². The number of ether oxygens (including phenoxy) is 2. The maximum absolute atomic E-state index is 12.6. The van der Waals surface area contributed by atoms with Gasteiger partial charge in [-0.1, -0.05) is 35.9 Å². The molecule has 0 bridgehead atoms. The number of hydrogen-bond donors (Lipinski definition) is 2. The molecule has 5 rings (SSSR count). The second-order valence-corrected chi connectivity index (χ2v) is 8.33. The number of benzene rings is 3. The van der Waals surface area contributed by atoms with Crippen molar-refractivity contribution in [3.05, 3.63) is 94.6 Å². The van der Waals surface area contributed by atoms with Crippen molar-refractivity contribution in [2.45, 2.75) is 6.54 Å². The van der Waals surface area contributed by atoms with Crippen LogP contribution in [-0.4, -0.2) is 29.6 Å². The monoisotopic (exact) mass is 471 g/mol. The minimum atomic E-state index is -0.162. The van der Waals surface area contributed by atoms with E-state index in [1.807, 2.05) is 66.9 Å². The number of carbonyl (C=O) groups is 1. The Hall–Kier alpha value is -4.03. The molecule has 6 nitrogen and oxygen atoms in total. The fraction of sp³-hybridized carbons (Fsp3) is 0.111. The number of imidazole rings is 1. The SMILES string of the molecule is COc1ccc(-c2cnc(-c3ccc(CNC(=O)C4=Cc5cc(Cl)ccc5OC4)cc3)[nH]2)cc1. The molecule has 7 heteroatoms. The number of H-pyrrole nitrogens is 1. The van der Waals surface area contributed by atoms with Crippen LogP contribution in [0.4, 0.5) is 0 Å². The first-order chi connectivity index (χ1) is 16.6. The molecule has 0 aliphatic carbocycles. The quantitative estimate of drug-likeness (QED) is 0.389. The van der Waals surface area contributed by atoms with Gasteiger partial charge in [0.1, 0.15) is 23.9 Å². The highest BCUT2D eigenvalue weighted by Gasteiger charge is 2.17. The summed E-state index contributed by atoms with van der Waals surface area (Å²) in [6, 6.07) is 21.1. The molecule has 0 atom stereocenters. The zero-order valence-corrected chi connectivity index (χ0v) is 19.2. The molecular formula is C27H22ClN3O3. The summed E-state index contributed by atoms with van der Waals surface area (Å²) in [7, 11) is 1.65. The first-order valence-electron chi connectivity index (χ1n) is 10.8. The summed E-state index contributed by atoms with van der Waals surface area (Å²) in [5.74, 6) is 2.16. The Morgan fingerprint density at radius 1 is 1.09 bits per heavy atom. The van der Waals surface area contributed by atoms with Crippen LogP contribution in [0.2, 0.25) is 5.02 Å². The molecule has 0 radical (unpaired) electrons. The van der Waals surface area contributed by atoms with Crippen LogP contribution in [0.1, 0.15) is 11.1 Å². The second kappa shape index (κ2) is 9.45. The van der Waals surface area contributed by atoms with Gasteiger partial charge in [0, 0.05) is 22.7 Å². The van der Waals surface area contributed by atoms with Crippen molar-refractivity contribution in [2.24, 2.45) is 0 Å². The third-order valence-electron chi connectivity index (χ3n) is 5.63. The van der Waals surface area contributed by atoms with Crippen LogP contribution < -0.4 is 14.8 Å². The Kier molecular flexibility index (Phi) is 6.06. The Balaban J connectivity index is 1.22. The Labute approximate surface area is 202 Å². The number of aromatic amines is 1. The number of methoxy groups -OCH3 is 1. The van der Waals surface area contributed by atoms with Crippen molar-refractivity contribution in [3.8, 4) is 34.1 Å². The summed E-state index contributed by atoms with van der Waals surface area (Å²) in [4.78, 5) is 20.5. The molecule has 170 valence electrons. The van der Waals surface area contributed by atoms with Crippen molar-refractivity contribution in [2.75, 3.05) is 13.7 Å². The van der Waals surface area contributed by atoms with Crippen LogP contribution in [0, 0.1) is 0 Å². The van der Waals surface area contributed by atoms with E-state index in [0.717, 1.165) is 45.3 Å². The van der Waals surface area contributed by atoms with E-state index in [9.17, 15) is 4.79 Å². The third kappa shape index (κ3) is 4.67. The fourth-order valence-corrected chi connectivity index (χ4v) is 3.92. The van der Waals surface area contributed by atoms with Gasteiger partial charge in [-0.25, -0.2) is 4.98 Å². The lowest BCUT2D eigenvalue weighted by atomic mass is 10.1. The third-order valence-corrected chi connectivity index (χ3v) is 5.87. The summed E-state index contributed by atoms with van der Waals surface area (Å²) in [6.07, 6.45) is 3.64. The first-order valence-corrected chi connectivity index (χ1v) is 11.2. The lowest BCUT2D eigenvalue weighted by Crippen LogP contribution is -2.28. The zero-order valence-electron chi connectivity index (χ0n) is 18.5. The second-order valence-electron chi connectivity index (χ2n) is 7.89. The van der Waals surface area contributed by atoms with Crippen LogP contribution in [0.15, 0.2) is 78.5 Å². The van der Waals surface area contributed by atoms with Crippen LogP contribution >= 0.6 is 11.6 Å². The number of hydrogen-bond acceptors (Lipinski definition) is 4. The maximum atomic E-state index is 12.6. The summed E-state index contributed by atoms with van der Waals surface area (Å²) < 4.78 is 10.9. The highest BCUT2D eigenvalue weighted by atomic mass is 35.5. The van der Waals surface area contributed by atoms with Crippen molar-refractivity contribution >= 4 is 23.6 Å². The molecule has 0 saturated heterocycles. The van der Waals surface area contributed by atoms with Crippen LogP contribution in [0.25, 0.3) is 28.7 Å². The zero-order chi connectivity index (χ0) is 23.5. The van der Waals surface area contributed by atoms with E-state index in [0.29, 0.717) is 17.1 Å². The van der Waals surface area contributed by atoms with E-state index >= 15 is 0 Å². The van der Waals surface area contributed by atoms with E-state index in [4.69, 9.17) is 21.1 Å². The normalized spacial score (nSPS) is 12.4. The van der Waals surface area contributed by atoms with Gasteiger partial charge >= 0.3 is 0 Å². The van der Waals surface area contributed by atoms with Gasteiger partial charge in [0.2, 0.25) is 0 Å². The predicted octanol–water partition coefficient (Wildman–Crippen LogP) is 5.50. The summed E-state index contributed by atoms with van der Waals surface area (Å²) >= 11 is 6.05. The van der Waals surface area contributed by atoms with Crippen molar-refractivity contribution < 1.29 is 14.3 Å². The molecule has 0 unspecified atom stereocenters. The van der Waals surface area contributed by atoms with Gasteiger partial charge in [0.25, 0.3) is 5.91 Å². The summed E-state index contributed by atoms with van der Waals surface area (Å²) in [5.41, 5.74) is 5.28. The molecule has 4 aromatic rings. The molecule has 0 fully saturated rings. The maximum Gasteiger partial charge on any atom is 0.250 e. The van der Waals surface area contributed by atoms with Crippen LogP contribution in [0.5, 0.6) is 11.5 Å². The standard InChI is InChI=1S/C27H22ClN3O3/c1-33-23-9-6-18(7-10-23)24-15-29-26(31-24)19-4-2-17(3-5-19)14-30-27(32)21-12-20-13-22(28)8-11-25(20)34-16-21/h2-13,15H,14,16H2,1H3,(H,29,31)(H,30,32). The van der Waals surface area contributed by atoms with Crippen molar-refractivity contribution in [1.29, 1.82) is 0 Å². The fourth-order valence-electron chi connectivity index (χ4n) is 3.74. The summed E-state index contributed by atoms with van der Waals surface area (Å²) in [5, 5.41) is 3.56. The summed E-state index contributed by atoms with van der Waals surface area (Å²) in [6.45, 7) is 0.641. The van der Waals surface area contributed by atoms with Gasteiger partial charge in [0.15, 0.2) is 0 Å². The molecule has 1 aromatic heterocycles. The van der Waals surface area contributed by atoms with E-state index in [-0.39, 0.29) is 12.5 Å². The molecule has 2 heterocycles. The Morgan fingerprint density at radius 3 is 2.62 bits per heavy atom. The van der Waals surface area contributed by atoms with Crippen molar-refractivity contribution in [1.82, 2.24) is 15.3 Å². The Bertz CT molecular complexity index is 1360. The molecule has 1 aliphatic rings. The predicted molar refractivity (Wildman–Crippen MR) is 133 cm³/mol. The van der Waals surface area contributed by atoms with Gasteiger partial charge in [-0.15, -0.1) is 0 Å². The van der Waals surface area contributed by atoms with E-state index in [1.165, 1.54) is 0 Å². The molecular weight excluding hydrogens is 450 g/mol. The average molecular weight is 472 g/mol. The number of rotatable bonds is 6. The lowest BCUT2D eigenvalue weighted by Gasteiger charge is -2.18. The van der Waals surface area contributed by atoms with Crippen LogP contribution in [-0.2, 0) is 11.3 Å². The topological polar surface area (TPSA) is 76.2 Å². The molecule has 0 saturated carbocycles. The molecule has 3 aromatic carbocycles.